The van der Waals surface area contributed by atoms with Crippen molar-refractivity contribution in [1.82, 2.24) is 19.8 Å². The van der Waals surface area contributed by atoms with E-state index in [1.54, 1.807) is 49.9 Å². The van der Waals surface area contributed by atoms with Crippen LogP contribution in [0.3, 0.4) is 0 Å². The van der Waals surface area contributed by atoms with Gasteiger partial charge in [-0.3, -0.25) is 29.4 Å². The Balaban J connectivity index is 2.22. The third-order valence-electron chi connectivity index (χ3n) is 5.33. The molecule has 0 unspecified atom stereocenters. The second-order valence-electron chi connectivity index (χ2n) is 7.92. The largest absolute Gasteiger partial charge is 0.506 e. The number of aryl methyl sites for hydroxylation is 4. The lowest BCUT2D eigenvalue weighted by molar-refractivity contribution is -0.140. The maximum Gasteiger partial charge on any atom is 0.317 e. The molecular weight excluding hydrogens is 416 g/mol. The van der Waals surface area contributed by atoms with E-state index in [2.05, 4.69) is 9.97 Å². The molecule has 2 rings (SSSR count). The molecule has 0 saturated carbocycles. The van der Waals surface area contributed by atoms with Gasteiger partial charge in [-0.1, -0.05) is 0 Å². The number of aliphatic carboxylic acids is 2. The second-order valence-corrected chi connectivity index (χ2v) is 7.92. The molecule has 0 atom stereocenters. The molecule has 4 N–H and O–H groups in total. The van der Waals surface area contributed by atoms with Crippen LogP contribution in [0.15, 0.2) is 12.4 Å². The molecule has 2 aromatic heterocycles. The Bertz CT molecular complexity index is 915. The molecule has 0 spiro atoms. The molecule has 174 valence electrons. The summed E-state index contributed by atoms with van der Waals surface area (Å²) in [7, 11) is 0. The lowest BCUT2D eigenvalue weighted by Crippen LogP contribution is -2.39. The molecule has 2 heterocycles. The van der Waals surface area contributed by atoms with Gasteiger partial charge in [0.2, 0.25) is 0 Å². The predicted octanol–water partition coefficient (Wildman–Crippen LogP) is 1.59. The minimum atomic E-state index is -1.03. The van der Waals surface area contributed by atoms with Crippen LogP contribution in [0.4, 0.5) is 0 Å². The maximum atomic E-state index is 11.4. The van der Waals surface area contributed by atoms with E-state index in [4.69, 9.17) is 0 Å². The van der Waals surface area contributed by atoms with Crippen molar-refractivity contribution in [3.63, 3.8) is 0 Å². The highest BCUT2D eigenvalue weighted by Gasteiger charge is 2.20. The summed E-state index contributed by atoms with van der Waals surface area (Å²) in [5.74, 6) is -2.02. The number of nitrogens with zero attached hydrogens (tertiary/aromatic N) is 4. The highest BCUT2D eigenvalue weighted by Crippen LogP contribution is 2.26. The average Bonchev–Trinajstić information content (AvgIpc) is 2.71. The fraction of sp³-hybridized carbons (Fsp3) is 0.455. The van der Waals surface area contributed by atoms with Gasteiger partial charge in [-0.05, 0) is 38.8 Å². The Kier molecular flexibility index (Phi) is 8.50. The van der Waals surface area contributed by atoms with Crippen molar-refractivity contribution in [2.75, 3.05) is 26.2 Å². The first-order valence-electron chi connectivity index (χ1n) is 10.2. The van der Waals surface area contributed by atoms with Gasteiger partial charge in [0.05, 0.1) is 24.5 Å². The van der Waals surface area contributed by atoms with Gasteiger partial charge in [0.15, 0.2) is 0 Å². The van der Waals surface area contributed by atoms with Gasteiger partial charge in [-0.15, -0.1) is 0 Å². The fourth-order valence-electron chi connectivity index (χ4n) is 3.42. The number of carboxylic acid groups (broad SMARTS) is 2. The van der Waals surface area contributed by atoms with Crippen LogP contribution in [-0.4, -0.2) is 78.3 Å². The average molecular weight is 447 g/mol. The van der Waals surface area contributed by atoms with E-state index in [1.807, 2.05) is 0 Å². The Labute approximate surface area is 186 Å². The molecule has 10 heteroatoms. The summed E-state index contributed by atoms with van der Waals surface area (Å²) in [6.07, 6.45) is 3.24. The van der Waals surface area contributed by atoms with Crippen molar-refractivity contribution in [1.29, 1.82) is 0 Å². The first-order valence-corrected chi connectivity index (χ1v) is 10.2. The lowest BCUT2D eigenvalue weighted by atomic mass is 10.1. The smallest absolute Gasteiger partial charge is 0.317 e. The van der Waals surface area contributed by atoms with Gasteiger partial charge in [-0.2, -0.15) is 0 Å². The fourth-order valence-corrected chi connectivity index (χ4v) is 3.42. The van der Waals surface area contributed by atoms with E-state index in [9.17, 15) is 30.0 Å². The Morgan fingerprint density at radius 2 is 1.09 bits per heavy atom. The number of pyridine rings is 2. The van der Waals surface area contributed by atoms with Crippen LogP contribution < -0.4 is 0 Å². The maximum absolute atomic E-state index is 11.4. The molecule has 0 aliphatic carbocycles. The lowest BCUT2D eigenvalue weighted by Gasteiger charge is -2.27. The number of aromatic hydroxyl groups is 2. The minimum absolute atomic E-state index is 0.0237. The standard InChI is InChI=1S/C22H30N4O6/c1-13-7-23-15(3)21(31)17(13)9-25(11-19(27)28)5-6-26(12-20(29)30)10-18-14(2)8-24-16(4)22(18)32/h7-8,31-32H,5-6,9-12H2,1-4H3,(H,27,28)(H,29,30). The van der Waals surface area contributed by atoms with Crippen LogP contribution in [-0.2, 0) is 22.7 Å². The summed E-state index contributed by atoms with van der Waals surface area (Å²) in [6, 6.07) is 0. The highest BCUT2D eigenvalue weighted by atomic mass is 16.4. The monoisotopic (exact) mass is 446 g/mol. The van der Waals surface area contributed by atoms with E-state index in [-0.39, 0.29) is 50.8 Å². The third kappa shape index (κ3) is 6.63. The zero-order valence-corrected chi connectivity index (χ0v) is 18.8. The summed E-state index contributed by atoms with van der Waals surface area (Å²) in [4.78, 5) is 34.3. The van der Waals surface area contributed by atoms with Gasteiger partial charge in [0.1, 0.15) is 11.5 Å². The van der Waals surface area contributed by atoms with Gasteiger partial charge in [0, 0.05) is 49.7 Å². The molecule has 2 aromatic rings. The van der Waals surface area contributed by atoms with Gasteiger partial charge >= 0.3 is 11.9 Å². The number of hydrogen-bond donors (Lipinski definition) is 4. The predicted molar refractivity (Wildman–Crippen MR) is 117 cm³/mol. The molecule has 0 aliphatic rings. The Hall–Kier alpha value is -3.24. The molecule has 0 aliphatic heterocycles. The summed E-state index contributed by atoms with van der Waals surface area (Å²) in [5, 5.41) is 39.4. The second kappa shape index (κ2) is 10.9. The molecule has 0 saturated heterocycles. The van der Waals surface area contributed by atoms with Crippen LogP contribution in [0.1, 0.15) is 33.6 Å². The van der Waals surface area contributed by atoms with E-state index < -0.39 is 11.9 Å². The van der Waals surface area contributed by atoms with Gasteiger partial charge < -0.3 is 20.4 Å². The quantitative estimate of drug-likeness (QED) is 0.401. The first kappa shape index (κ1) is 25.0. The van der Waals surface area contributed by atoms with Crippen LogP contribution in [0, 0.1) is 27.7 Å². The summed E-state index contributed by atoms with van der Waals surface area (Å²) >= 11 is 0. The van der Waals surface area contributed by atoms with E-state index in [0.29, 0.717) is 22.5 Å². The van der Waals surface area contributed by atoms with E-state index >= 15 is 0 Å². The Morgan fingerprint density at radius 3 is 1.41 bits per heavy atom. The molecular formula is C22H30N4O6. The molecule has 0 bridgehead atoms. The van der Waals surface area contributed by atoms with Crippen LogP contribution in [0.2, 0.25) is 0 Å². The number of carbonyl (C=O) groups is 2. The van der Waals surface area contributed by atoms with Crippen molar-refractivity contribution in [2.24, 2.45) is 0 Å². The molecule has 10 nitrogen and oxygen atoms in total. The zero-order chi connectivity index (χ0) is 24.0. The topological polar surface area (TPSA) is 147 Å². The number of hydrogen-bond acceptors (Lipinski definition) is 8. The van der Waals surface area contributed by atoms with E-state index in [0.717, 1.165) is 11.1 Å². The third-order valence-corrected chi connectivity index (χ3v) is 5.33. The zero-order valence-electron chi connectivity index (χ0n) is 18.8. The van der Waals surface area contributed by atoms with Crippen LogP contribution in [0.5, 0.6) is 11.5 Å². The normalized spacial score (nSPS) is 11.3. The van der Waals surface area contributed by atoms with Gasteiger partial charge in [-0.25, -0.2) is 0 Å². The van der Waals surface area contributed by atoms with Crippen molar-refractivity contribution in [3.8, 4) is 11.5 Å². The summed E-state index contributed by atoms with van der Waals surface area (Å²) in [5.41, 5.74) is 3.54. The van der Waals surface area contributed by atoms with Crippen molar-refractivity contribution in [2.45, 2.75) is 40.8 Å². The number of carboxylic acids is 2. The van der Waals surface area contributed by atoms with Crippen molar-refractivity contribution in [3.05, 3.63) is 46.0 Å². The Morgan fingerprint density at radius 1 is 0.750 bits per heavy atom. The molecule has 32 heavy (non-hydrogen) atoms. The first-order chi connectivity index (χ1) is 15.0. The van der Waals surface area contributed by atoms with Crippen molar-refractivity contribution < 1.29 is 30.0 Å². The molecule has 0 aromatic carbocycles. The van der Waals surface area contributed by atoms with Crippen molar-refractivity contribution >= 4 is 11.9 Å². The highest BCUT2D eigenvalue weighted by molar-refractivity contribution is 5.69. The van der Waals surface area contributed by atoms with Gasteiger partial charge in [0.25, 0.3) is 0 Å². The molecule has 0 amide bonds. The minimum Gasteiger partial charge on any atom is -0.506 e. The molecule has 0 radical (unpaired) electrons. The number of rotatable bonds is 11. The summed E-state index contributed by atoms with van der Waals surface area (Å²) < 4.78 is 0. The number of aromatic nitrogens is 2. The molecule has 0 fully saturated rings. The van der Waals surface area contributed by atoms with E-state index in [1.165, 1.54) is 0 Å². The van der Waals surface area contributed by atoms with Crippen LogP contribution >= 0.6 is 0 Å². The summed E-state index contributed by atoms with van der Waals surface area (Å²) in [6.45, 7) is 7.18. The SMILES string of the molecule is Cc1cnc(C)c(O)c1CN(CCN(CC(=O)O)Cc1c(C)cnc(C)c1O)CC(=O)O. The van der Waals surface area contributed by atoms with Crippen LogP contribution in [0.25, 0.3) is 0 Å².